The molecule has 86 valence electrons. The third kappa shape index (κ3) is 2.30. The van der Waals surface area contributed by atoms with Crippen molar-refractivity contribution in [2.45, 2.75) is 46.1 Å². The zero-order valence-electron chi connectivity index (χ0n) is 9.62. The van der Waals surface area contributed by atoms with Crippen molar-refractivity contribution in [2.75, 3.05) is 6.54 Å². The topological polar surface area (TPSA) is 57.6 Å². The molecule has 0 unspecified atom stereocenters. The molecule has 4 nitrogen and oxygen atoms in total. The molecule has 0 spiro atoms. The molecule has 1 heterocycles. The number of hydrogen-bond acceptors (Lipinski definition) is 2. The molecule has 1 amide bonds. The first-order valence-corrected chi connectivity index (χ1v) is 5.44. The predicted molar refractivity (Wildman–Crippen MR) is 56.4 cm³/mol. The maximum Gasteiger partial charge on any atom is 0.326 e. The van der Waals surface area contributed by atoms with Gasteiger partial charge in [0.05, 0.1) is 0 Å². The Kier molecular flexibility index (Phi) is 3.37. The average molecular weight is 213 g/mol. The van der Waals surface area contributed by atoms with Gasteiger partial charge >= 0.3 is 5.97 Å². The van der Waals surface area contributed by atoms with Gasteiger partial charge in [0.15, 0.2) is 0 Å². The summed E-state index contributed by atoms with van der Waals surface area (Å²) in [5.41, 5.74) is -0.446. The Morgan fingerprint density at radius 1 is 1.47 bits per heavy atom. The highest BCUT2D eigenvalue weighted by atomic mass is 16.4. The predicted octanol–water partition coefficient (Wildman–Crippen LogP) is 1.50. The Balaban J connectivity index is 2.79. The van der Waals surface area contributed by atoms with Crippen molar-refractivity contribution in [3.8, 4) is 0 Å². The molecule has 0 aromatic heterocycles. The summed E-state index contributed by atoms with van der Waals surface area (Å²) < 4.78 is 0. The minimum Gasteiger partial charge on any atom is -0.480 e. The van der Waals surface area contributed by atoms with E-state index in [2.05, 4.69) is 0 Å². The molecule has 1 saturated heterocycles. The van der Waals surface area contributed by atoms with Crippen LogP contribution in [0.5, 0.6) is 0 Å². The van der Waals surface area contributed by atoms with Crippen LogP contribution in [0.15, 0.2) is 0 Å². The first-order valence-electron chi connectivity index (χ1n) is 5.44. The van der Waals surface area contributed by atoms with Gasteiger partial charge in [-0.15, -0.1) is 0 Å². The Bertz CT molecular complexity index is 273. The second kappa shape index (κ2) is 4.21. The summed E-state index contributed by atoms with van der Waals surface area (Å²) in [6.07, 6.45) is 2.11. The Morgan fingerprint density at radius 2 is 2.07 bits per heavy atom. The van der Waals surface area contributed by atoms with Crippen LogP contribution in [0.25, 0.3) is 0 Å². The van der Waals surface area contributed by atoms with Crippen molar-refractivity contribution in [1.82, 2.24) is 4.90 Å². The number of rotatable bonds is 3. The lowest BCUT2D eigenvalue weighted by Crippen LogP contribution is -2.46. The molecular formula is C11H19NO3. The highest BCUT2D eigenvalue weighted by Gasteiger charge is 2.39. The Labute approximate surface area is 90.3 Å². The molecule has 1 fully saturated rings. The lowest BCUT2D eigenvalue weighted by molar-refractivity contribution is -0.152. The number of carboxylic acid groups (broad SMARTS) is 1. The van der Waals surface area contributed by atoms with Crippen molar-refractivity contribution in [1.29, 1.82) is 0 Å². The molecule has 1 aliphatic rings. The molecule has 1 rings (SSSR count). The van der Waals surface area contributed by atoms with Crippen LogP contribution in [0.2, 0.25) is 0 Å². The smallest absolute Gasteiger partial charge is 0.326 e. The third-order valence-corrected chi connectivity index (χ3v) is 3.26. The van der Waals surface area contributed by atoms with Gasteiger partial charge in [0, 0.05) is 12.0 Å². The van der Waals surface area contributed by atoms with Gasteiger partial charge in [-0.05, 0) is 19.3 Å². The van der Waals surface area contributed by atoms with Crippen LogP contribution >= 0.6 is 0 Å². The van der Waals surface area contributed by atoms with E-state index in [0.717, 1.165) is 12.8 Å². The van der Waals surface area contributed by atoms with Gasteiger partial charge in [0.2, 0.25) is 5.91 Å². The molecule has 1 atom stereocenters. The van der Waals surface area contributed by atoms with E-state index in [0.29, 0.717) is 13.0 Å². The minimum atomic E-state index is -0.882. The first kappa shape index (κ1) is 12.0. The summed E-state index contributed by atoms with van der Waals surface area (Å²) in [6.45, 7) is 6.27. The van der Waals surface area contributed by atoms with Crippen molar-refractivity contribution < 1.29 is 14.7 Å². The number of hydrogen-bond donors (Lipinski definition) is 1. The van der Waals surface area contributed by atoms with E-state index in [1.807, 2.05) is 20.8 Å². The first-order chi connectivity index (χ1) is 6.90. The molecule has 1 N–H and O–H groups in total. The van der Waals surface area contributed by atoms with Crippen LogP contribution in [0.4, 0.5) is 0 Å². The largest absolute Gasteiger partial charge is 0.480 e. The third-order valence-electron chi connectivity index (χ3n) is 3.26. The van der Waals surface area contributed by atoms with E-state index in [4.69, 9.17) is 5.11 Å². The summed E-state index contributed by atoms with van der Waals surface area (Å²) in [5, 5.41) is 8.98. The van der Waals surface area contributed by atoms with Crippen LogP contribution in [0.1, 0.15) is 40.0 Å². The molecule has 4 heteroatoms. The van der Waals surface area contributed by atoms with Crippen LogP contribution in [-0.4, -0.2) is 34.5 Å². The van der Waals surface area contributed by atoms with Gasteiger partial charge < -0.3 is 10.0 Å². The molecule has 0 radical (unpaired) electrons. The van der Waals surface area contributed by atoms with Crippen LogP contribution in [0, 0.1) is 5.41 Å². The minimum absolute atomic E-state index is 0.0325. The molecule has 1 aliphatic heterocycles. The van der Waals surface area contributed by atoms with Gasteiger partial charge in [0.1, 0.15) is 6.04 Å². The lowest BCUT2D eigenvalue weighted by atomic mass is 9.88. The normalized spacial score (nSPS) is 21.8. The SMILES string of the molecule is CCC(C)(C)C(=O)N1CCC[C@H]1C(=O)O. The van der Waals surface area contributed by atoms with Crippen LogP contribution < -0.4 is 0 Å². The number of aliphatic carboxylic acids is 1. The average Bonchev–Trinajstić information content (AvgIpc) is 2.64. The number of carbonyl (C=O) groups is 2. The molecule has 0 aromatic rings. The van der Waals surface area contributed by atoms with E-state index >= 15 is 0 Å². The van der Waals surface area contributed by atoms with E-state index in [1.165, 1.54) is 4.90 Å². The molecule has 0 aliphatic carbocycles. The van der Waals surface area contributed by atoms with Gasteiger partial charge in [-0.1, -0.05) is 20.8 Å². The van der Waals surface area contributed by atoms with Crippen molar-refractivity contribution in [3.05, 3.63) is 0 Å². The fraction of sp³-hybridized carbons (Fsp3) is 0.818. The fourth-order valence-electron chi connectivity index (χ4n) is 1.81. The van der Waals surface area contributed by atoms with E-state index < -0.39 is 17.4 Å². The maximum absolute atomic E-state index is 12.1. The zero-order valence-corrected chi connectivity index (χ0v) is 9.62. The van der Waals surface area contributed by atoms with Gasteiger partial charge in [-0.2, -0.15) is 0 Å². The standard InChI is InChI=1S/C11H19NO3/c1-4-11(2,3)10(15)12-7-5-6-8(12)9(13)14/h8H,4-7H2,1-3H3,(H,13,14)/t8-/m0/s1. The number of nitrogens with zero attached hydrogens (tertiary/aromatic N) is 1. The molecule has 0 bridgehead atoms. The molecule has 15 heavy (non-hydrogen) atoms. The van der Waals surface area contributed by atoms with Crippen LogP contribution in [0.3, 0.4) is 0 Å². The Morgan fingerprint density at radius 3 is 2.53 bits per heavy atom. The zero-order chi connectivity index (χ0) is 11.6. The highest BCUT2D eigenvalue weighted by Crippen LogP contribution is 2.28. The van der Waals surface area contributed by atoms with E-state index in [1.54, 1.807) is 0 Å². The summed E-state index contributed by atoms with van der Waals surface area (Å²) in [4.78, 5) is 24.5. The molecule has 0 saturated carbocycles. The van der Waals surface area contributed by atoms with E-state index in [9.17, 15) is 9.59 Å². The highest BCUT2D eigenvalue weighted by molar-refractivity contribution is 5.87. The molecular weight excluding hydrogens is 194 g/mol. The monoisotopic (exact) mass is 213 g/mol. The number of likely N-dealkylation sites (tertiary alicyclic amines) is 1. The van der Waals surface area contributed by atoms with Gasteiger partial charge in [-0.3, -0.25) is 4.79 Å². The summed E-state index contributed by atoms with van der Waals surface area (Å²) in [6, 6.07) is -0.608. The number of amides is 1. The number of carbonyl (C=O) groups excluding carboxylic acids is 1. The quantitative estimate of drug-likeness (QED) is 0.772. The van der Waals surface area contributed by atoms with Gasteiger partial charge in [0.25, 0.3) is 0 Å². The second-order valence-electron chi connectivity index (χ2n) is 4.73. The van der Waals surface area contributed by atoms with Gasteiger partial charge in [-0.25, -0.2) is 4.79 Å². The maximum atomic E-state index is 12.1. The summed E-state index contributed by atoms with van der Waals surface area (Å²) >= 11 is 0. The van der Waals surface area contributed by atoms with Crippen molar-refractivity contribution >= 4 is 11.9 Å². The summed E-state index contributed by atoms with van der Waals surface area (Å²) in [5.74, 6) is -0.914. The Hall–Kier alpha value is -1.06. The van der Waals surface area contributed by atoms with Crippen molar-refractivity contribution in [3.63, 3.8) is 0 Å². The summed E-state index contributed by atoms with van der Waals surface area (Å²) in [7, 11) is 0. The molecule has 0 aromatic carbocycles. The van der Waals surface area contributed by atoms with E-state index in [-0.39, 0.29) is 5.91 Å². The second-order valence-corrected chi connectivity index (χ2v) is 4.73. The number of carboxylic acids is 1. The fourth-order valence-corrected chi connectivity index (χ4v) is 1.81. The van der Waals surface area contributed by atoms with Crippen molar-refractivity contribution in [2.24, 2.45) is 5.41 Å². The lowest BCUT2D eigenvalue weighted by Gasteiger charge is -2.30. The van der Waals surface area contributed by atoms with Crippen LogP contribution in [-0.2, 0) is 9.59 Å².